The molecule has 0 aromatic heterocycles. The van der Waals surface area contributed by atoms with Crippen LogP contribution in [0.5, 0.6) is 0 Å². The Morgan fingerprint density at radius 1 is 1.00 bits per heavy atom. The van der Waals surface area contributed by atoms with E-state index in [4.69, 9.17) is 0 Å². The molecule has 2 aromatic carbocycles. The van der Waals surface area contributed by atoms with Gasteiger partial charge in [-0.15, -0.1) is 0 Å². The Labute approximate surface area is 142 Å². The molecular weight excluding hydrogens is 302 g/mol. The lowest BCUT2D eigenvalue weighted by Gasteiger charge is -2.19. The van der Waals surface area contributed by atoms with Crippen LogP contribution in [0.4, 0.5) is 0 Å². The summed E-state index contributed by atoms with van der Waals surface area (Å²) in [4.78, 5) is 23.6. The number of aliphatic hydroxyl groups is 1. The third-order valence-corrected chi connectivity index (χ3v) is 3.96. The van der Waals surface area contributed by atoms with Crippen molar-refractivity contribution in [1.29, 1.82) is 0 Å². The maximum Gasteiger partial charge on any atom is 0.251 e. The number of rotatable bonds is 7. The SMILES string of the molecule is CC(=O)c1ccc(C(=O)NCC(CC(C)O)c2ccccc2)cc1. The molecule has 2 unspecified atom stereocenters. The second-order valence-electron chi connectivity index (χ2n) is 6.04. The van der Waals surface area contributed by atoms with Gasteiger partial charge in [0.1, 0.15) is 0 Å². The predicted molar refractivity (Wildman–Crippen MR) is 94.3 cm³/mol. The van der Waals surface area contributed by atoms with Gasteiger partial charge in [-0.3, -0.25) is 9.59 Å². The molecule has 4 nitrogen and oxygen atoms in total. The fourth-order valence-corrected chi connectivity index (χ4v) is 2.65. The summed E-state index contributed by atoms with van der Waals surface area (Å²) in [6.07, 6.45) is 0.134. The van der Waals surface area contributed by atoms with Crippen molar-refractivity contribution < 1.29 is 14.7 Å². The average molecular weight is 325 g/mol. The molecule has 0 spiro atoms. The topological polar surface area (TPSA) is 66.4 Å². The number of aliphatic hydroxyl groups excluding tert-OH is 1. The van der Waals surface area contributed by atoms with Gasteiger partial charge in [-0.2, -0.15) is 0 Å². The van der Waals surface area contributed by atoms with E-state index < -0.39 is 6.10 Å². The molecule has 2 aromatic rings. The smallest absolute Gasteiger partial charge is 0.251 e. The fourth-order valence-electron chi connectivity index (χ4n) is 2.65. The molecule has 0 heterocycles. The summed E-state index contributed by atoms with van der Waals surface area (Å²) in [5.41, 5.74) is 2.19. The third-order valence-electron chi connectivity index (χ3n) is 3.96. The highest BCUT2D eigenvalue weighted by atomic mass is 16.3. The molecule has 0 aliphatic carbocycles. The van der Waals surface area contributed by atoms with Crippen LogP contribution in [0.3, 0.4) is 0 Å². The van der Waals surface area contributed by atoms with Gasteiger partial charge in [0.2, 0.25) is 0 Å². The maximum atomic E-state index is 12.3. The summed E-state index contributed by atoms with van der Waals surface area (Å²) in [7, 11) is 0. The number of benzene rings is 2. The molecule has 24 heavy (non-hydrogen) atoms. The lowest BCUT2D eigenvalue weighted by Crippen LogP contribution is -2.29. The molecule has 0 fully saturated rings. The average Bonchev–Trinajstić information content (AvgIpc) is 2.59. The highest BCUT2D eigenvalue weighted by Crippen LogP contribution is 2.20. The summed E-state index contributed by atoms with van der Waals surface area (Å²) in [6.45, 7) is 3.69. The van der Waals surface area contributed by atoms with Gasteiger partial charge < -0.3 is 10.4 Å². The fraction of sp³-hybridized carbons (Fsp3) is 0.300. The summed E-state index contributed by atoms with van der Waals surface area (Å²) in [5, 5.41) is 12.6. The first-order valence-corrected chi connectivity index (χ1v) is 8.09. The van der Waals surface area contributed by atoms with Gasteiger partial charge in [-0.1, -0.05) is 42.5 Å². The van der Waals surface area contributed by atoms with E-state index in [9.17, 15) is 14.7 Å². The van der Waals surface area contributed by atoms with E-state index in [1.54, 1.807) is 31.2 Å². The first-order chi connectivity index (χ1) is 11.5. The van der Waals surface area contributed by atoms with Crippen molar-refractivity contribution in [2.24, 2.45) is 0 Å². The van der Waals surface area contributed by atoms with Crippen molar-refractivity contribution in [1.82, 2.24) is 5.32 Å². The normalized spacial score (nSPS) is 13.1. The van der Waals surface area contributed by atoms with Gasteiger partial charge in [-0.05, 0) is 38.0 Å². The molecule has 2 rings (SSSR count). The highest BCUT2D eigenvalue weighted by molar-refractivity contribution is 5.97. The van der Waals surface area contributed by atoms with Crippen LogP contribution >= 0.6 is 0 Å². The van der Waals surface area contributed by atoms with E-state index in [-0.39, 0.29) is 17.6 Å². The number of hydrogen-bond donors (Lipinski definition) is 2. The molecule has 0 radical (unpaired) electrons. The van der Waals surface area contributed by atoms with Crippen molar-refractivity contribution in [2.75, 3.05) is 6.54 Å². The predicted octanol–water partition coefficient (Wildman–Crippen LogP) is 3.17. The molecule has 2 N–H and O–H groups in total. The number of ketones is 1. The van der Waals surface area contributed by atoms with E-state index in [1.165, 1.54) is 6.92 Å². The second-order valence-corrected chi connectivity index (χ2v) is 6.04. The van der Waals surface area contributed by atoms with E-state index in [1.807, 2.05) is 30.3 Å². The first-order valence-electron chi connectivity index (χ1n) is 8.09. The number of carbonyl (C=O) groups excluding carboxylic acids is 2. The lowest BCUT2D eigenvalue weighted by molar-refractivity contribution is 0.0944. The second kappa shape index (κ2) is 8.41. The van der Waals surface area contributed by atoms with Crippen molar-refractivity contribution in [3.63, 3.8) is 0 Å². The number of hydrogen-bond acceptors (Lipinski definition) is 3. The largest absolute Gasteiger partial charge is 0.393 e. The summed E-state index contributed by atoms with van der Waals surface area (Å²) in [6, 6.07) is 16.5. The van der Waals surface area contributed by atoms with Crippen LogP contribution in [0.2, 0.25) is 0 Å². The maximum absolute atomic E-state index is 12.3. The lowest BCUT2D eigenvalue weighted by atomic mass is 9.93. The molecule has 2 atom stereocenters. The molecule has 1 amide bonds. The molecular formula is C20H23NO3. The molecule has 4 heteroatoms. The standard InChI is InChI=1S/C20H23NO3/c1-14(22)12-19(17-6-4-3-5-7-17)13-21-20(24)18-10-8-16(9-11-18)15(2)23/h3-11,14,19,22H,12-13H2,1-2H3,(H,21,24). The van der Waals surface area contributed by atoms with Gasteiger partial charge in [-0.25, -0.2) is 0 Å². The summed E-state index contributed by atoms with van der Waals surface area (Å²) in [5.74, 6) is -0.161. The minimum atomic E-state index is -0.443. The first kappa shape index (κ1) is 17.9. The van der Waals surface area contributed by atoms with Crippen LogP contribution in [0.1, 0.15) is 52.5 Å². The van der Waals surface area contributed by atoms with E-state index in [2.05, 4.69) is 5.32 Å². The Balaban J connectivity index is 2.02. The monoisotopic (exact) mass is 325 g/mol. The van der Waals surface area contributed by atoms with Gasteiger partial charge in [0.15, 0.2) is 5.78 Å². The van der Waals surface area contributed by atoms with Crippen LogP contribution in [0, 0.1) is 0 Å². The van der Waals surface area contributed by atoms with Crippen LogP contribution in [-0.2, 0) is 0 Å². The number of Topliss-reactive ketones (excluding diaryl/α,β-unsaturated/α-hetero) is 1. The Bertz CT molecular complexity index is 678. The van der Waals surface area contributed by atoms with E-state index >= 15 is 0 Å². The van der Waals surface area contributed by atoms with E-state index in [0.717, 1.165) is 5.56 Å². The highest BCUT2D eigenvalue weighted by Gasteiger charge is 2.16. The van der Waals surface area contributed by atoms with Crippen molar-refractivity contribution in [2.45, 2.75) is 32.3 Å². The van der Waals surface area contributed by atoms with Gasteiger partial charge >= 0.3 is 0 Å². The van der Waals surface area contributed by atoms with Crippen LogP contribution in [0.25, 0.3) is 0 Å². The molecule has 126 valence electrons. The molecule has 0 saturated heterocycles. The third kappa shape index (κ3) is 5.03. The zero-order valence-electron chi connectivity index (χ0n) is 14.0. The van der Waals surface area contributed by atoms with Gasteiger partial charge in [0.05, 0.1) is 6.10 Å². The Morgan fingerprint density at radius 3 is 2.12 bits per heavy atom. The molecule has 0 saturated carbocycles. The quantitative estimate of drug-likeness (QED) is 0.768. The van der Waals surface area contributed by atoms with Crippen molar-refractivity contribution in [3.8, 4) is 0 Å². The van der Waals surface area contributed by atoms with Crippen LogP contribution in [-0.4, -0.2) is 29.4 Å². The van der Waals surface area contributed by atoms with E-state index in [0.29, 0.717) is 24.1 Å². The molecule has 0 bridgehead atoms. The minimum absolute atomic E-state index is 0.0250. The van der Waals surface area contributed by atoms with Gasteiger partial charge in [0.25, 0.3) is 5.91 Å². The summed E-state index contributed by atoms with van der Waals surface area (Å²) < 4.78 is 0. The minimum Gasteiger partial charge on any atom is -0.393 e. The zero-order valence-corrected chi connectivity index (χ0v) is 14.0. The Kier molecular flexibility index (Phi) is 6.27. The number of nitrogens with one attached hydrogen (secondary N) is 1. The van der Waals surface area contributed by atoms with Crippen LogP contribution < -0.4 is 5.32 Å². The van der Waals surface area contributed by atoms with Gasteiger partial charge in [0, 0.05) is 23.6 Å². The van der Waals surface area contributed by atoms with Crippen molar-refractivity contribution >= 4 is 11.7 Å². The Morgan fingerprint density at radius 2 is 1.58 bits per heavy atom. The summed E-state index contributed by atoms with van der Waals surface area (Å²) >= 11 is 0. The number of carbonyl (C=O) groups is 2. The van der Waals surface area contributed by atoms with Crippen LogP contribution in [0.15, 0.2) is 54.6 Å². The molecule has 0 aliphatic heterocycles. The number of amides is 1. The zero-order chi connectivity index (χ0) is 17.5. The van der Waals surface area contributed by atoms with Crippen molar-refractivity contribution in [3.05, 3.63) is 71.3 Å². The Hall–Kier alpha value is -2.46. The molecule has 0 aliphatic rings.